The van der Waals surface area contributed by atoms with Gasteiger partial charge in [0, 0.05) is 17.3 Å². The van der Waals surface area contributed by atoms with E-state index in [0.717, 1.165) is 23.1 Å². The standard InChI is InChI=1S/C23H24ClFN4O2/c1-3-4-16(20-12-17(24)6-5-14(20)2)7-8-27-23(30)22-28-21(31-29-22)11-15-9-18(25)13-19(26)10-15/h4-6,9-10,12-13H,3,7-8,11,26H2,1-2H3,(H,27,30)/b16-4-. The number of carbonyl (C=O) groups excluding carboxylic acids is 1. The highest BCUT2D eigenvalue weighted by Crippen LogP contribution is 2.25. The quantitative estimate of drug-likeness (QED) is 0.481. The van der Waals surface area contributed by atoms with Gasteiger partial charge in [0.1, 0.15) is 5.82 Å². The Morgan fingerprint density at radius 1 is 1.29 bits per heavy atom. The van der Waals surface area contributed by atoms with Gasteiger partial charge in [0.25, 0.3) is 11.7 Å². The summed E-state index contributed by atoms with van der Waals surface area (Å²) in [7, 11) is 0. The van der Waals surface area contributed by atoms with Gasteiger partial charge < -0.3 is 15.6 Å². The molecule has 2 aromatic carbocycles. The zero-order valence-electron chi connectivity index (χ0n) is 17.4. The number of carbonyl (C=O) groups is 1. The summed E-state index contributed by atoms with van der Waals surface area (Å²) in [5, 5.41) is 7.20. The van der Waals surface area contributed by atoms with Crippen molar-refractivity contribution in [3.05, 3.63) is 81.7 Å². The van der Waals surface area contributed by atoms with Gasteiger partial charge in [-0.1, -0.05) is 35.8 Å². The molecule has 162 valence electrons. The number of benzene rings is 2. The van der Waals surface area contributed by atoms with Crippen LogP contribution >= 0.6 is 11.6 Å². The molecule has 3 rings (SSSR count). The van der Waals surface area contributed by atoms with E-state index in [1.54, 1.807) is 6.07 Å². The van der Waals surface area contributed by atoms with E-state index in [-0.39, 0.29) is 18.1 Å². The molecule has 8 heteroatoms. The Bertz CT molecular complexity index is 1090. The van der Waals surface area contributed by atoms with Crippen LogP contribution in [0, 0.1) is 12.7 Å². The second-order valence-corrected chi connectivity index (χ2v) is 7.62. The molecular formula is C23H24ClFN4O2. The number of allylic oxidation sites excluding steroid dienone is 1. The lowest BCUT2D eigenvalue weighted by atomic mass is 9.97. The first kappa shape index (κ1) is 22.5. The maximum Gasteiger partial charge on any atom is 0.292 e. The summed E-state index contributed by atoms with van der Waals surface area (Å²) in [5.74, 6) is -0.749. The average molecular weight is 443 g/mol. The van der Waals surface area contributed by atoms with Crippen LogP contribution in [0.3, 0.4) is 0 Å². The van der Waals surface area contributed by atoms with Gasteiger partial charge in [-0.2, -0.15) is 4.98 Å². The van der Waals surface area contributed by atoms with Crippen LogP contribution in [0.15, 0.2) is 47.0 Å². The molecule has 0 spiro atoms. The van der Waals surface area contributed by atoms with E-state index < -0.39 is 11.7 Å². The lowest BCUT2D eigenvalue weighted by molar-refractivity contribution is 0.0941. The molecule has 3 aromatic rings. The molecule has 0 aliphatic rings. The van der Waals surface area contributed by atoms with Crippen molar-refractivity contribution in [2.45, 2.75) is 33.1 Å². The second kappa shape index (κ2) is 10.2. The maximum absolute atomic E-state index is 13.5. The highest BCUT2D eigenvalue weighted by Gasteiger charge is 2.15. The van der Waals surface area contributed by atoms with Crippen LogP contribution < -0.4 is 11.1 Å². The predicted octanol–water partition coefficient (Wildman–Crippen LogP) is 4.96. The molecule has 0 aliphatic carbocycles. The number of hydrogen-bond acceptors (Lipinski definition) is 5. The molecule has 0 aliphatic heterocycles. The van der Waals surface area contributed by atoms with Gasteiger partial charge in [-0.25, -0.2) is 4.39 Å². The fourth-order valence-corrected chi connectivity index (χ4v) is 3.47. The van der Waals surface area contributed by atoms with Gasteiger partial charge in [0.2, 0.25) is 5.89 Å². The highest BCUT2D eigenvalue weighted by atomic mass is 35.5. The topological polar surface area (TPSA) is 94.0 Å². The van der Waals surface area contributed by atoms with Crippen molar-refractivity contribution in [1.29, 1.82) is 0 Å². The number of aromatic nitrogens is 2. The molecule has 3 N–H and O–H groups in total. The Hall–Kier alpha value is -3.19. The first-order chi connectivity index (χ1) is 14.9. The molecule has 0 bridgehead atoms. The van der Waals surface area contributed by atoms with Crippen LogP contribution in [0.25, 0.3) is 5.57 Å². The molecule has 0 saturated carbocycles. The number of nitrogen functional groups attached to an aromatic ring is 1. The number of nitrogens with one attached hydrogen (secondary N) is 1. The Morgan fingerprint density at radius 2 is 2.10 bits per heavy atom. The first-order valence-electron chi connectivity index (χ1n) is 9.97. The molecular weight excluding hydrogens is 419 g/mol. The summed E-state index contributed by atoms with van der Waals surface area (Å²) < 4.78 is 18.6. The van der Waals surface area contributed by atoms with E-state index in [1.165, 1.54) is 12.1 Å². The lowest BCUT2D eigenvalue weighted by Crippen LogP contribution is -2.25. The van der Waals surface area contributed by atoms with Crippen molar-refractivity contribution >= 4 is 28.8 Å². The van der Waals surface area contributed by atoms with E-state index in [1.807, 2.05) is 25.1 Å². The third kappa shape index (κ3) is 6.15. The molecule has 1 heterocycles. The van der Waals surface area contributed by atoms with Crippen molar-refractivity contribution in [2.24, 2.45) is 0 Å². The van der Waals surface area contributed by atoms with Gasteiger partial charge >= 0.3 is 0 Å². The van der Waals surface area contributed by atoms with Crippen LogP contribution in [-0.4, -0.2) is 22.6 Å². The summed E-state index contributed by atoms with van der Waals surface area (Å²) in [6, 6.07) is 9.95. The zero-order valence-corrected chi connectivity index (χ0v) is 18.2. The fraction of sp³-hybridized carbons (Fsp3) is 0.261. The lowest BCUT2D eigenvalue weighted by Gasteiger charge is -2.12. The minimum atomic E-state index is -0.446. The largest absolute Gasteiger partial charge is 0.399 e. The van der Waals surface area contributed by atoms with Crippen LogP contribution in [0.4, 0.5) is 10.1 Å². The molecule has 0 fully saturated rings. The van der Waals surface area contributed by atoms with Gasteiger partial charge in [0.15, 0.2) is 0 Å². The van der Waals surface area contributed by atoms with E-state index in [2.05, 4.69) is 28.5 Å². The average Bonchev–Trinajstić information content (AvgIpc) is 3.17. The summed E-state index contributed by atoms with van der Waals surface area (Å²) in [6.45, 7) is 4.49. The number of nitrogens with two attached hydrogens (primary N) is 1. The summed E-state index contributed by atoms with van der Waals surface area (Å²) in [6.07, 6.45) is 3.81. The third-order valence-electron chi connectivity index (χ3n) is 4.68. The summed E-state index contributed by atoms with van der Waals surface area (Å²) in [5.41, 5.74) is 9.83. The molecule has 1 amide bonds. The third-order valence-corrected chi connectivity index (χ3v) is 4.92. The van der Waals surface area contributed by atoms with E-state index in [9.17, 15) is 9.18 Å². The van der Waals surface area contributed by atoms with Gasteiger partial charge in [-0.05, 0) is 72.4 Å². The van der Waals surface area contributed by atoms with Crippen molar-refractivity contribution in [3.8, 4) is 0 Å². The molecule has 0 atom stereocenters. The Balaban J connectivity index is 1.60. The number of hydrogen-bond donors (Lipinski definition) is 2. The van der Waals surface area contributed by atoms with E-state index in [0.29, 0.717) is 29.2 Å². The second-order valence-electron chi connectivity index (χ2n) is 7.18. The van der Waals surface area contributed by atoms with Crippen LogP contribution in [0.2, 0.25) is 5.02 Å². The maximum atomic E-state index is 13.5. The Morgan fingerprint density at radius 3 is 2.84 bits per heavy atom. The normalized spacial score (nSPS) is 11.5. The summed E-state index contributed by atoms with van der Waals surface area (Å²) >= 11 is 6.15. The van der Waals surface area contributed by atoms with Crippen LogP contribution in [0.1, 0.15) is 53.0 Å². The number of rotatable bonds is 8. The molecule has 1 aromatic heterocycles. The van der Waals surface area contributed by atoms with Crippen LogP contribution in [0.5, 0.6) is 0 Å². The zero-order chi connectivity index (χ0) is 22.4. The minimum absolute atomic E-state index is 0.0701. The highest BCUT2D eigenvalue weighted by molar-refractivity contribution is 6.30. The van der Waals surface area contributed by atoms with Crippen molar-refractivity contribution in [2.75, 3.05) is 12.3 Å². The minimum Gasteiger partial charge on any atom is -0.399 e. The molecule has 6 nitrogen and oxygen atoms in total. The first-order valence-corrected chi connectivity index (χ1v) is 10.3. The van der Waals surface area contributed by atoms with Crippen molar-refractivity contribution < 1.29 is 13.7 Å². The smallest absolute Gasteiger partial charge is 0.292 e. The molecule has 0 radical (unpaired) electrons. The number of amides is 1. The van der Waals surface area contributed by atoms with E-state index >= 15 is 0 Å². The van der Waals surface area contributed by atoms with Gasteiger partial charge in [-0.3, -0.25) is 4.79 Å². The monoisotopic (exact) mass is 442 g/mol. The molecule has 0 unspecified atom stereocenters. The number of nitrogens with zero attached hydrogens (tertiary/aromatic N) is 2. The number of aryl methyl sites for hydroxylation is 1. The van der Waals surface area contributed by atoms with Gasteiger partial charge in [-0.15, -0.1) is 0 Å². The Kier molecular flexibility index (Phi) is 7.41. The van der Waals surface area contributed by atoms with Crippen molar-refractivity contribution in [3.63, 3.8) is 0 Å². The molecule has 0 saturated heterocycles. The summed E-state index contributed by atoms with van der Waals surface area (Å²) in [4.78, 5) is 16.5. The Labute approximate surface area is 185 Å². The van der Waals surface area contributed by atoms with E-state index in [4.69, 9.17) is 21.9 Å². The number of anilines is 1. The SMILES string of the molecule is CC/C=C(/CCNC(=O)c1noc(Cc2cc(N)cc(F)c2)n1)c1cc(Cl)ccc1C. The van der Waals surface area contributed by atoms with Gasteiger partial charge in [0.05, 0.1) is 6.42 Å². The predicted molar refractivity (Wildman–Crippen MR) is 119 cm³/mol. The van der Waals surface area contributed by atoms with Crippen LogP contribution in [-0.2, 0) is 6.42 Å². The number of halogens is 2. The van der Waals surface area contributed by atoms with Crippen molar-refractivity contribution in [1.82, 2.24) is 15.5 Å². The fourth-order valence-electron chi connectivity index (χ4n) is 3.29. The molecule has 31 heavy (non-hydrogen) atoms.